The molecule has 0 aliphatic rings. The van der Waals surface area contributed by atoms with E-state index in [2.05, 4.69) is 10.1 Å². The quantitative estimate of drug-likeness (QED) is 0.697. The highest BCUT2D eigenvalue weighted by Crippen LogP contribution is 2.13. The Kier molecular flexibility index (Phi) is 2.03. The topological polar surface area (TPSA) is 78.7 Å². The van der Waals surface area contributed by atoms with Crippen LogP contribution in [0, 0.1) is 0 Å². The van der Waals surface area contributed by atoms with Gasteiger partial charge in [-0.15, -0.1) is 5.10 Å². The molecule has 6 nitrogen and oxygen atoms in total. The Labute approximate surface area is 86.0 Å². The number of aryl methyl sites for hydroxylation is 2. The Morgan fingerprint density at radius 2 is 2.13 bits per heavy atom. The van der Waals surface area contributed by atoms with Crippen LogP contribution in [0.25, 0.3) is 11.4 Å². The van der Waals surface area contributed by atoms with E-state index in [1.807, 2.05) is 0 Å². The summed E-state index contributed by atoms with van der Waals surface area (Å²) in [6.45, 7) is 0. The molecule has 0 atom stereocenters. The number of nitrogens with zero attached hydrogens (tertiary/aromatic N) is 4. The van der Waals surface area contributed by atoms with Gasteiger partial charge >= 0.3 is 0 Å². The largest absolute Gasteiger partial charge is 0.368 e. The second-order valence-corrected chi connectivity index (χ2v) is 3.28. The van der Waals surface area contributed by atoms with E-state index in [1.54, 1.807) is 26.4 Å². The summed E-state index contributed by atoms with van der Waals surface area (Å²) in [5.41, 5.74) is 6.13. The van der Waals surface area contributed by atoms with Crippen LogP contribution in [0.4, 0.5) is 5.95 Å². The maximum atomic E-state index is 11.4. The van der Waals surface area contributed by atoms with Gasteiger partial charge in [0.1, 0.15) is 0 Å². The standard InChI is InChI=1S/C9H11N5O/c1-13-4-3-6(5-7(13)15)8-11-9(10)14(2)12-8/h3-5H,1-2H3,(H2,10,11,12). The zero-order chi connectivity index (χ0) is 11.0. The first-order valence-electron chi connectivity index (χ1n) is 4.41. The van der Waals surface area contributed by atoms with E-state index in [0.29, 0.717) is 17.3 Å². The van der Waals surface area contributed by atoms with E-state index in [0.717, 1.165) is 0 Å². The van der Waals surface area contributed by atoms with Crippen LogP contribution >= 0.6 is 0 Å². The molecule has 2 heterocycles. The lowest BCUT2D eigenvalue weighted by molar-refractivity contribution is 0.780. The Morgan fingerprint density at radius 1 is 1.40 bits per heavy atom. The molecule has 0 unspecified atom stereocenters. The van der Waals surface area contributed by atoms with Crippen molar-refractivity contribution < 1.29 is 0 Å². The van der Waals surface area contributed by atoms with E-state index in [9.17, 15) is 4.79 Å². The summed E-state index contributed by atoms with van der Waals surface area (Å²) in [5, 5.41) is 4.08. The molecular formula is C9H11N5O. The van der Waals surface area contributed by atoms with E-state index in [-0.39, 0.29) is 5.56 Å². The average molecular weight is 205 g/mol. The first-order valence-corrected chi connectivity index (χ1v) is 4.41. The Bertz CT molecular complexity index is 534. The number of hydrogen-bond acceptors (Lipinski definition) is 4. The summed E-state index contributed by atoms with van der Waals surface area (Å²) in [6.07, 6.45) is 1.67. The molecule has 6 heteroatoms. The minimum atomic E-state index is -0.0986. The van der Waals surface area contributed by atoms with Crippen molar-refractivity contribution in [1.29, 1.82) is 0 Å². The number of nitrogens with two attached hydrogens (primary N) is 1. The molecule has 2 rings (SSSR count). The lowest BCUT2D eigenvalue weighted by Gasteiger charge is -1.97. The summed E-state index contributed by atoms with van der Waals surface area (Å²) >= 11 is 0. The third-order valence-electron chi connectivity index (χ3n) is 2.16. The molecule has 78 valence electrons. The number of hydrogen-bond donors (Lipinski definition) is 1. The van der Waals surface area contributed by atoms with Crippen molar-refractivity contribution in [2.45, 2.75) is 0 Å². The van der Waals surface area contributed by atoms with Crippen molar-refractivity contribution in [1.82, 2.24) is 19.3 Å². The molecule has 0 fully saturated rings. The van der Waals surface area contributed by atoms with Crippen LogP contribution in [0.1, 0.15) is 0 Å². The summed E-state index contributed by atoms with van der Waals surface area (Å²) in [7, 11) is 3.39. The van der Waals surface area contributed by atoms with Gasteiger partial charge in [0.2, 0.25) is 5.95 Å². The van der Waals surface area contributed by atoms with Gasteiger partial charge in [0.05, 0.1) is 0 Å². The molecule has 2 aromatic heterocycles. The van der Waals surface area contributed by atoms with Gasteiger partial charge in [-0.25, -0.2) is 4.68 Å². The van der Waals surface area contributed by atoms with Gasteiger partial charge in [0.25, 0.3) is 5.56 Å². The van der Waals surface area contributed by atoms with Crippen LogP contribution in [-0.4, -0.2) is 19.3 Å². The fraction of sp³-hybridized carbons (Fsp3) is 0.222. The highest BCUT2D eigenvalue weighted by molar-refractivity contribution is 5.54. The van der Waals surface area contributed by atoms with Gasteiger partial charge in [-0.3, -0.25) is 4.79 Å². The van der Waals surface area contributed by atoms with Crippen molar-refractivity contribution in [3.63, 3.8) is 0 Å². The average Bonchev–Trinajstić information content (AvgIpc) is 2.52. The third kappa shape index (κ3) is 1.61. The molecule has 0 aromatic carbocycles. The molecule has 0 saturated carbocycles. The molecule has 0 spiro atoms. The zero-order valence-electron chi connectivity index (χ0n) is 8.51. The van der Waals surface area contributed by atoms with E-state index < -0.39 is 0 Å². The van der Waals surface area contributed by atoms with Gasteiger partial charge in [-0.2, -0.15) is 4.98 Å². The van der Waals surface area contributed by atoms with Crippen LogP contribution in [0.2, 0.25) is 0 Å². The predicted molar refractivity (Wildman–Crippen MR) is 56.1 cm³/mol. The second-order valence-electron chi connectivity index (χ2n) is 3.28. The molecule has 2 aromatic rings. The predicted octanol–water partition coefficient (Wildman–Crippen LogP) is -0.237. The number of aromatic nitrogens is 4. The zero-order valence-corrected chi connectivity index (χ0v) is 8.51. The fourth-order valence-electron chi connectivity index (χ4n) is 1.21. The maximum absolute atomic E-state index is 11.4. The van der Waals surface area contributed by atoms with Crippen molar-refractivity contribution in [3.8, 4) is 11.4 Å². The minimum absolute atomic E-state index is 0.0986. The molecule has 0 bridgehead atoms. The summed E-state index contributed by atoms with van der Waals surface area (Å²) in [4.78, 5) is 15.4. The van der Waals surface area contributed by atoms with Crippen molar-refractivity contribution in [2.75, 3.05) is 5.73 Å². The van der Waals surface area contributed by atoms with E-state index in [4.69, 9.17) is 5.73 Å². The number of nitrogen functional groups attached to an aromatic ring is 1. The van der Waals surface area contributed by atoms with E-state index >= 15 is 0 Å². The summed E-state index contributed by atoms with van der Waals surface area (Å²) in [5.74, 6) is 0.790. The van der Waals surface area contributed by atoms with Gasteiger partial charge < -0.3 is 10.3 Å². The minimum Gasteiger partial charge on any atom is -0.368 e. The van der Waals surface area contributed by atoms with Crippen LogP contribution in [0.15, 0.2) is 23.1 Å². The smallest absolute Gasteiger partial charge is 0.250 e. The Morgan fingerprint density at radius 3 is 2.67 bits per heavy atom. The first-order chi connectivity index (χ1) is 7.08. The molecule has 0 aliphatic carbocycles. The van der Waals surface area contributed by atoms with E-state index in [1.165, 1.54) is 15.3 Å². The van der Waals surface area contributed by atoms with Crippen molar-refractivity contribution in [3.05, 3.63) is 28.7 Å². The molecule has 0 radical (unpaired) electrons. The number of rotatable bonds is 1. The molecule has 15 heavy (non-hydrogen) atoms. The van der Waals surface area contributed by atoms with Gasteiger partial charge in [-0.1, -0.05) is 0 Å². The Hall–Kier alpha value is -2.11. The second kappa shape index (κ2) is 3.23. The molecule has 0 saturated heterocycles. The monoisotopic (exact) mass is 205 g/mol. The maximum Gasteiger partial charge on any atom is 0.250 e. The highest BCUT2D eigenvalue weighted by Gasteiger charge is 2.07. The summed E-state index contributed by atoms with van der Waals surface area (Å²) in [6, 6.07) is 3.25. The lowest BCUT2D eigenvalue weighted by atomic mass is 10.2. The third-order valence-corrected chi connectivity index (χ3v) is 2.16. The normalized spacial score (nSPS) is 10.5. The number of anilines is 1. The SMILES string of the molecule is Cn1nc(-c2ccn(C)c(=O)c2)nc1N. The van der Waals surface area contributed by atoms with Crippen molar-refractivity contribution in [2.24, 2.45) is 14.1 Å². The molecule has 0 amide bonds. The fourth-order valence-corrected chi connectivity index (χ4v) is 1.21. The Balaban J connectivity index is 2.54. The lowest BCUT2D eigenvalue weighted by Crippen LogP contribution is -2.14. The van der Waals surface area contributed by atoms with Gasteiger partial charge in [0.15, 0.2) is 5.82 Å². The number of pyridine rings is 1. The van der Waals surface area contributed by atoms with Crippen LogP contribution < -0.4 is 11.3 Å². The first kappa shape index (κ1) is 9.45. The molecule has 0 aliphatic heterocycles. The van der Waals surface area contributed by atoms with Crippen molar-refractivity contribution >= 4 is 5.95 Å². The molecular weight excluding hydrogens is 194 g/mol. The van der Waals surface area contributed by atoms with Crippen LogP contribution in [0.5, 0.6) is 0 Å². The van der Waals surface area contributed by atoms with Gasteiger partial charge in [0, 0.05) is 31.9 Å². The highest BCUT2D eigenvalue weighted by atomic mass is 16.1. The molecule has 2 N–H and O–H groups in total. The van der Waals surface area contributed by atoms with Crippen LogP contribution in [-0.2, 0) is 14.1 Å². The van der Waals surface area contributed by atoms with Gasteiger partial charge in [-0.05, 0) is 6.07 Å². The van der Waals surface area contributed by atoms with Crippen LogP contribution in [0.3, 0.4) is 0 Å². The summed E-state index contributed by atoms with van der Waals surface area (Å²) < 4.78 is 2.95.